The normalized spacial score (nSPS) is 13.4. The Morgan fingerprint density at radius 3 is 2.05 bits per heavy atom. The highest BCUT2D eigenvalue weighted by Crippen LogP contribution is 2.11. The van der Waals surface area contributed by atoms with Crippen LogP contribution in [0, 0.1) is 5.82 Å². The van der Waals surface area contributed by atoms with E-state index in [0.29, 0.717) is 0 Å². The number of hydrogen-bond acceptors (Lipinski definition) is 4. The van der Waals surface area contributed by atoms with Gasteiger partial charge in [0, 0.05) is 12.1 Å². The zero-order chi connectivity index (χ0) is 15.6. The summed E-state index contributed by atoms with van der Waals surface area (Å²) in [6.07, 6.45) is 0.989. The van der Waals surface area contributed by atoms with Crippen molar-refractivity contribution in [1.82, 2.24) is 9.44 Å². The van der Waals surface area contributed by atoms with Gasteiger partial charge < -0.3 is 0 Å². The topological polar surface area (TPSA) is 92.3 Å². The van der Waals surface area contributed by atoms with E-state index >= 15 is 0 Å². The molecule has 0 amide bonds. The predicted molar refractivity (Wildman–Crippen MR) is 73.6 cm³/mol. The summed E-state index contributed by atoms with van der Waals surface area (Å²) in [6.45, 7) is 2.95. The summed E-state index contributed by atoms with van der Waals surface area (Å²) in [5.74, 6) is -0.539. The largest absolute Gasteiger partial charge is 0.240 e. The summed E-state index contributed by atoms with van der Waals surface area (Å²) in [5.41, 5.74) is -0.985. The van der Waals surface area contributed by atoms with Crippen molar-refractivity contribution in [2.24, 2.45) is 0 Å². The summed E-state index contributed by atoms with van der Waals surface area (Å²) < 4.78 is 63.5. The minimum absolute atomic E-state index is 0.0888. The average molecular weight is 324 g/mol. The minimum Gasteiger partial charge on any atom is -0.213 e. The molecule has 0 saturated carbocycles. The highest BCUT2D eigenvalue weighted by molar-refractivity contribution is 7.89. The maximum atomic E-state index is 12.7. The Morgan fingerprint density at radius 2 is 1.60 bits per heavy atom. The van der Waals surface area contributed by atoms with Crippen LogP contribution in [0.25, 0.3) is 0 Å². The first-order valence-corrected chi connectivity index (χ1v) is 9.03. The van der Waals surface area contributed by atoms with Crippen molar-refractivity contribution < 1.29 is 21.2 Å². The number of benzene rings is 1. The van der Waals surface area contributed by atoms with E-state index in [4.69, 9.17) is 0 Å². The zero-order valence-corrected chi connectivity index (χ0v) is 13.0. The van der Waals surface area contributed by atoms with Crippen LogP contribution in [0.15, 0.2) is 29.2 Å². The van der Waals surface area contributed by atoms with Crippen molar-refractivity contribution >= 4 is 20.0 Å². The molecular formula is C11H17FN2O4S2. The van der Waals surface area contributed by atoms with Gasteiger partial charge in [0.25, 0.3) is 0 Å². The van der Waals surface area contributed by atoms with Gasteiger partial charge in [-0.2, -0.15) is 0 Å². The van der Waals surface area contributed by atoms with E-state index < -0.39 is 31.4 Å². The van der Waals surface area contributed by atoms with Gasteiger partial charge in [-0.3, -0.25) is 0 Å². The Morgan fingerprint density at radius 1 is 1.10 bits per heavy atom. The molecule has 0 radical (unpaired) electrons. The monoisotopic (exact) mass is 324 g/mol. The van der Waals surface area contributed by atoms with Crippen LogP contribution in [0.2, 0.25) is 0 Å². The van der Waals surface area contributed by atoms with Gasteiger partial charge in [-0.05, 0) is 38.1 Å². The Bertz CT molecular complexity index is 667. The van der Waals surface area contributed by atoms with Crippen molar-refractivity contribution in [3.05, 3.63) is 30.1 Å². The molecule has 9 heteroatoms. The highest BCUT2D eigenvalue weighted by atomic mass is 32.2. The Kier molecular flexibility index (Phi) is 4.90. The first-order valence-electron chi connectivity index (χ1n) is 5.65. The van der Waals surface area contributed by atoms with Crippen LogP contribution in [0.5, 0.6) is 0 Å². The third kappa shape index (κ3) is 5.53. The number of rotatable bonds is 6. The van der Waals surface area contributed by atoms with Crippen LogP contribution in [-0.4, -0.2) is 35.2 Å². The van der Waals surface area contributed by atoms with E-state index in [1.165, 1.54) is 0 Å². The quantitative estimate of drug-likeness (QED) is 0.794. The molecule has 1 aromatic rings. The van der Waals surface area contributed by atoms with E-state index in [-0.39, 0.29) is 11.4 Å². The fourth-order valence-electron chi connectivity index (χ4n) is 1.51. The molecule has 114 valence electrons. The van der Waals surface area contributed by atoms with Crippen molar-refractivity contribution in [2.45, 2.75) is 24.3 Å². The van der Waals surface area contributed by atoms with Crippen molar-refractivity contribution in [2.75, 3.05) is 12.8 Å². The van der Waals surface area contributed by atoms with E-state index in [0.717, 1.165) is 30.5 Å². The lowest BCUT2D eigenvalue weighted by molar-refractivity contribution is 0.446. The van der Waals surface area contributed by atoms with Gasteiger partial charge in [0.05, 0.1) is 11.2 Å². The maximum Gasteiger partial charge on any atom is 0.240 e. The fraction of sp³-hybridized carbons (Fsp3) is 0.455. The predicted octanol–water partition coefficient (Wildman–Crippen LogP) is 0.432. The van der Waals surface area contributed by atoms with E-state index in [1.807, 2.05) is 0 Å². The SMILES string of the molecule is CC(C)(CNS(=O)(=O)c1ccc(F)cc1)NS(C)(=O)=O. The standard InChI is InChI=1S/C11H17FN2O4S2/c1-11(2,14-19(3,15)16)8-13-20(17,18)10-6-4-9(12)5-7-10/h4-7,13-14H,8H2,1-3H3. The molecule has 20 heavy (non-hydrogen) atoms. The Labute approximate surface area is 118 Å². The van der Waals surface area contributed by atoms with Crippen LogP contribution < -0.4 is 9.44 Å². The average Bonchev–Trinajstić information content (AvgIpc) is 2.24. The molecule has 0 atom stereocenters. The van der Waals surface area contributed by atoms with E-state index in [9.17, 15) is 21.2 Å². The van der Waals surface area contributed by atoms with Crippen molar-refractivity contribution in [1.29, 1.82) is 0 Å². The van der Waals surface area contributed by atoms with Gasteiger partial charge in [-0.25, -0.2) is 30.7 Å². The summed E-state index contributed by atoms with van der Waals surface area (Å²) in [6, 6.07) is 4.34. The summed E-state index contributed by atoms with van der Waals surface area (Å²) in [4.78, 5) is -0.0888. The van der Waals surface area contributed by atoms with Crippen LogP contribution in [-0.2, 0) is 20.0 Å². The van der Waals surface area contributed by atoms with Gasteiger partial charge in [0.1, 0.15) is 5.82 Å². The maximum absolute atomic E-state index is 12.7. The molecule has 2 N–H and O–H groups in total. The second-order valence-corrected chi connectivity index (χ2v) is 8.55. The van der Waals surface area contributed by atoms with Crippen LogP contribution in [0.3, 0.4) is 0 Å². The molecule has 0 saturated heterocycles. The van der Waals surface area contributed by atoms with Crippen molar-refractivity contribution in [3.8, 4) is 0 Å². The number of sulfonamides is 2. The van der Waals surface area contributed by atoms with Gasteiger partial charge >= 0.3 is 0 Å². The summed E-state index contributed by atoms with van der Waals surface area (Å²) >= 11 is 0. The Balaban J connectivity index is 2.80. The molecule has 6 nitrogen and oxygen atoms in total. The first-order chi connectivity index (χ1) is 8.91. The third-order valence-corrected chi connectivity index (χ3v) is 4.63. The molecule has 0 aliphatic heterocycles. The highest BCUT2D eigenvalue weighted by Gasteiger charge is 2.25. The second-order valence-electron chi connectivity index (χ2n) is 5.04. The molecule has 0 unspecified atom stereocenters. The lowest BCUT2D eigenvalue weighted by atomic mass is 10.1. The van der Waals surface area contributed by atoms with Gasteiger partial charge in [-0.15, -0.1) is 0 Å². The van der Waals surface area contributed by atoms with Gasteiger partial charge in [0.2, 0.25) is 20.0 Å². The molecule has 0 aliphatic carbocycles. The summed E-state index contributed by atoms with van der Waals surface area (Å²) in [5, 5.41) is 0. The molecular weight excluding hydrogens is 307 g/mol. The minimum atomic E-state index is -3.82. The molecule has 0 heterocycles. The first kappa shape index (κ1) is 17.0. The fourth-order valence-corrected chi connectivity index (χ4v) is 3.80. The van der Waals surface area contributed by atoms with Crippen molar-refractivity contribution in [3.63, 3.8) is 0 Å². The Hall–Kier alpha value is -1.03. The molecule has 0 aliphatic rings. The lowest BCUT2D eigenvalue weighted by Gasteiger charge is -2.25. The zero-order valence-electron chi connectivity index (χ0n) is 11.3. The van der Waals surface area contributed by atoms with Crippen LogP contribution in [0.4, 0.5) is 4.39 Å². The van der Waals surface area contributed by atoms with Crippen LogP contribution >= 0.6 is 0 Å². The molecule has 1 rings (SSSR count). The lowest BCUT2D eigenvalue weighted by Crippen LogP contribution is -2.50. The van der Waals surface area contributed by atoms with Crippen LogP contribution in [0.1, 0.15) is 13.8 Å². The van der Waals surface area contributed by atoms with E-state index in [2.05, 4.69) is 9.44 Å². The summed E-state index contributed by atoms with van der Waals surface area (Å²) in [7, 11) is -7.27. The number of nitrogens with one attached hydrogen (secondary N) is 2. The number of halogens is 1. The molecule has 0 fully saturated rings. The van der Waals surface area contributed by atoms with Gasteiger partial charge in [-0.1, -0.05) is 0 Å². The van der Waals surface area contributed by atoms with Gasteiger partial charge in [0.15, 0.2) is 0 Å². The second kappa shape index (κ2) is 5.76. The molecule has 1 aromatic carbocycles. The third-order valence-electron chi connectivity index (χ3n) is 2.29. The molecule has 0 bridgehead atoms. The molecule has 0 aromatic heterocycles. The van der Waals surface area contributed by atoms with E-state index in [1.54, 1.807) is 13.8 Å². The molecule has 0 spiro atoms. The smallest absolute Gasteiger partial charge is 0.213 e. The number of hydrogen-bond donors (Lipinski definition) is 2.